The number of fused-ring (bicyclic) bond motifs is 5. The maximum absolute atomic E-state index is 17.1. The van der Waals surface area contributed by atoms with Gasteiger partial charge >= 0.3 is 5.97 Å². The van der Waals surface area contributed by atoms with Crippen LogP contribution >= 0.6 is 0 Å². The summed E-state index contributed by atoms with van der Waals surface area (Å²) in [5, 5.41) is 11.4. The molecule has 33 heavy (non-hydrogen) atoms. The van der Waals surface area contributed by atoms with E-state index in [0.29, 0.717) is 25.0 Å². The van der Waals surface area contributed by atoms with Gasteiger partial charge in [0, 0.05) is 23.7 Å². The van der Waals surface area contributed by atoms with Crippen molar-refractivity contribution >= 4 is 20.1 Å². The topological polar surface area (TPSA) is 72.8 Å². The van der Waals surface area contributed by atoms with Gasteiger partial charge in [0.05, 0.1) is 6.10 Å². The lowest BCUT2D eigenvalue weighted by Gasteiger charge is -2.61. The van der Waals surface area contributed by atoms with Crippen LogP contribution < -0.4 is 0 Å². The molecule has 1 N–H and O–H groups in total. The van der Waals surface area contributed by atoms with Crippen LogP contribution in [0.25, 0.3) is 0 Å². The van der Waals surface area contributed by atoms with Gasteiger partial charge in [-0.3, -0.25) is 9.59 Å². The number of ether oxygens (including phenoxy) is 1. The molecule has 180 valence electrons. The molecule has 0 saturated heterocycles. The minimum atomic E-state index is -2.04. The summed E-state index contributed by atoms with van der Waals surface area (Å²) in [6, 6.07) is 0. The first-order valence-electron chi connectivity index (χ1n) is 11.8. The third-order valence-electron chi connectivity index (χ3n) is 8.24. The van der Waals surface area contributed by atoms with Gasteiger partial charge in [0.1, 0.15) is 12.0 Å². The molecule has 0 heterocycles. The fourth-order valence-corrected chi connectivity index (χ4v) is 7.59. The minimum Gasteiger partial charge on any atom is -0.542 e. The van der Waals surface area contributed by atoms with Crippen LogP contribution in [-0.2, 0) is 18.8 Å². The summed E-state index contributed by atoms with van der Waals surface area (Å²) >= 11 is 0. The standard InChI is InChI=1S/C26H35FO5Si/c1-16(28)31-15-22(32-33(4,5)6)21-10-9-19-20-8-7-17-13-18(29)11-12-25(17,3)26(20,27)23(30)14-24(19,21)2/h10-13,15,19-20,23,30H,7-9,14H2,1-6H3/t19-,20-,23-,24-,25-,26?/m0/s1. The second-order valence-corrected chi connectivity index (χ2v) is 15.9. The number of allylic oxidation sites excluding steroid dienone is 6. The Morgan fingerprint density at radius 1 is 1.27 bits per heavy atom. The number of hydrogen-bond acceptors (Lipinski definition) is 5. The van der Waals surface area contributed by atoms with Crippen molar-refractivity contribution in [3.63, 3.8) is 0 Å². The highest BCUT2D eigenvalue weighted by molar-refractivity contribution is 6.70. The Morgan fingerprint density at radius 2 is 1.97 bits per heavy atom. The van der Waals surface area contributed by atoms with Gasteiger partial charge in [0.2, 0.25) is 8.32 Å². The van der Waals surface area contributed by atoms with Crippen LogP contribution in [0.3, 0.4) is 0 Å². The van der Waals surface area contributed by atoms with Crippen molar-refractivity contribution in [2.75, 3.05) is 0 Å². The zero-order chi connectivity index (χ0) is 24.4. The number of aliphatic hydroxyl groups excluding tert-OH is 1. The SMILES string of the molecule is CC(=O)OC=C(O[Si](C)(C)C)C1=CC[C@H]2[C@@H]3CCC4=CC(=O)C=C[C@]4(C)C3(F)[C@@H](O)C[C@]12C. The van der Waals surface area contributed by atoms with Gasteiger partial charge in [-0.25, -0.2) is 4.39 Å². The van der Waals surface area contributed by atoms with Crippen LogP contribution in [-0.4, -0.2) is 36.9 Å². The molecular weight excluding hydrogens is 439 g/mol. The number of halogens is 1. The molecule has 0 bridgehead atoms. The second kappa shape index (κ2) is 7.77. The average Bonchev–Trinajstić information content (AvgIpc) is 3.02. The third kappa shape index (κ3) is 3.68. The molecule has 2 fully saturated rings. The van der Waals surface area contributed by atoms with E-state index in [1.807, 2.05) is 6.92 Å². The molecule has 4 aliphatic carbocycles. The number of esters is 1. The van der Waals surface area contributed by atoms with Crippen molar-refractivity contribution < 1.29 is 28.2 Å². The first kappa shape index (κ1) is 24.1. The van der Waals surface area contributed by atoms with E-state index in [4.69, 9.17) is 9.16 Å². The van der Waals surface area contributed by atoms with Gasteiger partial charge in [0.25, 0.3) is 0 Å². The highest BCUT2D eigenvalue weighted by Gasteiger charge is 2.69. The normalized spacial score (nSPS) is 40.3. The van der Waals surface area contributed by atoms with Gasteiger partial charge in [-0.15, -0.1) is 0 Å². The fraction of sp³-hybridized carbons (Fsp3) is 0.615. The van der Waals surface area contributed by atoms with Crippen molar-refractivity contribution in [3.05, 3.63) is 47.5 Å². The zero-order valence-corrected chi connectivity index (χ0v) is 21.4. The van der Waals surface area contributed by atoms with Gasteiger partial charge in [-0.1, -0.05) is 24.6 Å². The lowest BCUT2D eigenvalue weighted by Crippen LogP contribution is -2.66. The first-order valence-corrected chi connectivity index (χ1v) is 15.2. The summed E-state index contributed by atoms with van der Waals surface area (Å²) in [6.45, 7) is 11.4. The van der Waals surface area contributed by atoms with Crippen LogP contribution in [0.4, 0.5) is 4.39 Å². The first-order chi connectivity index (χ1) is 15.2. The quantitative estimate of drug-likeness (QED) is 0.347. The molecule has 0 aromatic rings. The van der Waals surface area contributed by atoms with Crippen LogP contribution in [0.1, 0.15) is 46.5 Å². The Kier molecular flexibility index (Phi) is 5.68. The van der Waals surface area contributed by atoms with Gasteiger partial charge in [-0.05, 0) is 75.9 Å². The van der Waals surface area contributed by atoms with Crippen molar-refractivity contribution in [1.82, 2.24) is 0 Å². The molecule has 0 radical (unpaired) electrons. The number of aliphatic hydroxyl groups is 1. The van der Waals surface area contributed by atoms with Crippen molar-refractivity contribution in [1.29, 1.82) is 0 Å². The van der Waals surface area contributed by atoms with Crippen LogP contribution in [0.15, 0.2) is 47.5 Å². The highest BCUT2D eigenvalue weighted by atomic mass is 28.4. The lowest BCUT2D eigenvalue weighted by molar-refractivity contribution is -0.185. The predicted octanol–water partition coefficient (Wildman–Crippen LogP) is 5.15. The lowest BCUT2D eigenvalue weighted by atomic mass is 9.45. The molecule has 7 heteroatoms. The summed E-state index contributed by atoms with van der Waals surface area (Å²) in [4.78, 5) is 23.5. The van der Waals surface area contributed by atoms with Crippen LogP contribution in [0, 0.1) is 22.7 Å². The van der Waals surface area contributed by atoms with Gasteiger partial charge in [-0.2, -0.15) is 0 Å². The number of carbonyl (C=O) groups is 2. The molecule has 4 aliphatic rings. The van der Waals surface area contributed by atoms with E-state index in [9.17, 15) is 14.7 Å². The molecule has 0 aromatic heterocycles. The molecule has 0 aromatic carbocycles. The maximum Gasteiger partial charge on any atom is 0.307 e. The molecule has 4 rings (SSSR count). The number of rotatable bonds is 4. The third-order valence-corrected chi connectivity index (χ3v) is 9.07. The Balaban J connectivity index is 1.73. The van der Waals surface area contributed by atoms with Crippen LogP contribution in [0.5, 0.6) is 0 Å². The van der Waals surface area contributed by atoms with Crippen molar-refractivity contribution in [2.24, 2.45) is 22.7 Å². The Labute approximate surface area is 196 Å². The molecule has 6 atom stereocenters. The van der Waals surface area contributed by atoms with E-state index in [0.717, 1.165) is 11.1 Å². The van der Waals surface area contributed by atoms with Crippen LogP contribution in [0.2, 0.25) is 19.6 Å². The average molecular weight is 475 g/mol. The number of alkyl halides is 1. The summed E-state index contributed by atoms with van der Waals surface area (Å²) in [5.41, 5.74) is -1.71. The highest BCUT2D eigenvalue weighted by Crippen LogP contribution is 2.68. The smallest absolute Gasteiger partial charge is 0.307 e. The summed E-state index contributed by atoms with van der Waals surface area (Å²) < 4.78 is 28.7. The molecular formula is C26H35FO5Si. The number of ketones is 1. The monoisotopic (exact) mass is 474 g/mol. The summed E-state index contributed by atoms with van der Waals surface area (Å²) in [7, 11) is -2.04. The Hall–Kier alpha value is -1.99. The van der Waals surface area contributed by atoms with E-state index in [1.165, 1.54) is 19.3 Å². The van der Waals surface area contributed by atoms with E-state index in [2.05, 4.69) is 32.6 Å². The molecule has 5 nitrogen and oxygen atoms in total. The van der Waals surface area contributed by atoms with Gasteiger partial charge < -0.3 is 14.3 Å². The zero-order valence-electron chi connectivity index (χ0n) is 20.4. The molecule has 0 amide bonds. The fourth-order valence-electron chi connectivity index (χ4n) is 6.77. The number of carbonyl (C=O) groups excluding carboxylic acids is 2. The van der Waals surface area contributed by atoms with Crippen molar-refractivity contribution in [2.45, 2.75) is 77.9 Å². The maximum atomic E-state index is 17.1. The predicted molar refractivity (Wildman–Crippen MR) is 126 cm³/mol. The van der Waals surface area contributed by atoms with E-state index in [-0.39, 0.29) is 24.0 Å². The van der Waals surface area contributed by atoms with E-state index < -0.39 is 36.9 Å². The van der Waals surface area contributed by atoms with Crippen molar-refractivity contribution in [3.8, 4) is 0 Å². The molecule has 2 saturated carbocycles. The molecule has 1 unspecified atom stereocenters. The Bertz CT molecular complexity index is 1000. The second-order valence-electron chi connectivity index (χ2n) is 11.4. The molecule has 0 spiro atoms. The Morgan fingerprint density at radius 3 is 2.61 bits per heavy atom. The van der Waals surface area contributed by atoms with E-state index >= 15 is 4.39 Å². The summed E-state index contributed by atoms with van der Waals surface area (Å²) in [6.07, 6.45) is 9.02. The van der Waals surface area contributed by atoms with E-state index in [1.54, 1.807) is 12.2 Å². The number of hydrogen-bond donors (Lipinski definition) is 1. The minimum absolute atomic E-state index is 0.0312. The summed E-state index contributed by atoms with van der Waals surface area (Å²) in [5.74, 6) is -0.443. The molecule has 0 aliphatic heterocycles. The largest absolute Gasteiger partial charge is 0.542 e. The van der Waals surface area contributed by atoms with Gasteiger partial charge in [0.15, 0.2) is 11.5 Å².